The highest BCUT2D eigenvalue weighted by Crippen LogP contribution is 2.28. The largest absolute Gasteiger partial charge is 0.508 e. The second-order valence-electron chi connectivity index (χ2n) is 4.52. The van der Waals surface area contributed by atoms with Gasteiger partial charge < -0.3 is 5.11 Å². The first-order valence-electron chi connectivity index (χ1n) is 6.03. The van der Waals surface area contributed by atoms with Crippen LogP contribution in [-0.2, 0) is 0 Å². The minimum absolute atomic E-state index is 0.301. The number of aromatic hydroxyl groups is 1. The molecule has 0 saturated carbocycles. The molecule has 3 aromatic rings. The van der Waals surface area contributed by atoms with Crippen molar-refractivity contribution < 1.29 is 5.11 Å². The van der Waals surface area contributed by atoms with E-state index < -0.39 is 0 Å². The van der Waals surface area contributed by atoms with E-state index in [-0.39, 0.29) is 0 Å². The van der Waals surface area contributed by atoms with Gasteiger partial charge in [-0.25, -0.2) is 0 Å². The summed E-state index contributed by atoms with van der Waals surface area (Å²) in [5, 5.41) is 11.9. The summed E-state index contributed by atoms with van der Waals surface area (Å²) in [5.41, 5.74) is 3.62. The maximum absolute atomic E-state index is 9.36. The molecule has 3 aromatic carbocycles. The Balaban J connectivity index is 2.30. The van der Waals surface area contributed by atoms with Crippen LogP contribution in [0.4, 0.5) is 0 Å². The van der Waals surface area contributed by atoms with Crippen molar-refractivity contribution in [1.82, 2.24) is 0 Å². The molecule has 3 rings (SSSR count). The van der Waals surface area contributed by atoms with Crippen LogP contribution in [0.3, 0.4) is 0 Å². The van der Waals surface area contributed by atoms with Crippen molar-refractivity contribution in [2.45, 2.75) is 0 Å². The molecule has 0 radical (unpaired) electrons. The minimum atomic E-state index is 0.301. The first-order chi connectivity index (χ1) is 8.75. The number of rotatable bonds is 1. The van der Waals surface area contributed by atoms with E-state index in [2.05, 4.69) is 44.2 Å². The maximum atomic E-state index is 9.36. The molecule has 0 spiro atoms. The fourth-order valence-electron chi connectivity index (χ4n) is 2.34. The van der Waals surface area contributed by atoms with Gasteiger partial charge in [0.1, 0.15) is 13.6 Å². The van der Waals surface area contributed by atoms with E-state index in [1.54, 1.807) is 12.1 Å². The fraction of sp³-hybridized carbons (Fsp3) is 0. The third-order valence-corrected chi connectivity index (χ3v) is 3.32. The quantitative estimate of drug-likeness (QED) is 0.639. The number of hydrogen-bond acceptors (Lipinski definition) is 1. The van der Waals surface area contributed by atoms with Gasteiger partial charge in [-0.15, -0.1) is 0 Å². The Labute approximate surface area is 107 Å². The van der Waals surface area contributed by atoms with Crippen LogP contribution in [-0.4, -0.2) is 13.0 Å². The van der Waals surface area contributed by atoms with Gasteiger partial charge in [0, 0.05) is 0 Å². The minimum Gasteiger partial charge on any atom is -0.508 e. The van der Waals surface area contributed by atoms with Gasteiger partial charge in [0.15, 0.2) is 0 Å². The van der Waals surface area contributed by atoms with Gasteiger partial charge in [-0.05, 0) is 34.0 Å². The molecule has 0 fully saturated rings. The predicted molar refractivity (Wildman–Crippen MR) is 79.2 cm³/mol. The van der Waals surface area contributed by atoms with E-state index in [1.165, 1.54) is 21.8 Å². The van der Waals surface area contributed by atoms with Crippen LogP contribution in [0.5, 0.6) is 5.75 Å². The van der Waals surface area contributed by atoms with E-state index >= 15 is 0 Å². The standard InChI is InChI=1S/C16H13BO/c17-16-10-9-13(11-5-7-12(18)8-6-11)14-3-1-2-4-15(14)16/h1-10,18H,17H2. The monoisotopic (exact) mass is 232 g/mol. The lowest BCUT2D eigenvalue weighted by Crippen LogP contribution is -2.03. The third kappa shape index (κ3) is 1.76. The molecular formula is C16H13BO. The van der Waals surface area contributed by atoms with Crippen LogP contribution < -0.4 is 5.46 Å². The van der Waals surface area contributed by atoms with E-state index in [1.807, 2.05) is 12.1 Å². The van der Waals surface area contributed by atoms with Crippen LogP contribution in [0.2, 0.25) is 0 Å². The molecule has 86 valence electrons. The van der Waals surface area contributed by atoms with Gasteiger partial charge in [-0.3, -0.25) is 0 Å². The Kier molecular flexibility index (Phi) is 2.56. The lowest BCUT2D eigenvalue weighted by atomic mass is 9.86. The molecule has 0 aliphatic heterocycles. The van der Waals surface area contributed by atoms with Gasteiger partial charge in [0.25, 0.3) is 0 Å². The molecule has 0 aliphatic carbocycles. The first-order valence-corrected chi connectivity index (χ1v) is 6.03. The summed E-state index contributed by atoms with van der Waals surface area (Å²) in [6.07, 6.45) is 0. The molecule has 0 amide bonds. The van der Waals surface area contributed by atoms with Crippen molar-refractivity contribution in [3.63, 3.8) is 0 Å². The number of phenols is 1. The highest BCUT2D eigenvalue weighted by Gasteiger charge is 2.05. The van der Waals surface area contributed by atoms with Crippen LogP contribution in [0, 0.1) is 0 Å². The first kappa shape index (κ1) is 10.9. The lowest BCUT2D eigenvalue weighted by molar-refractivity contribution is 0.475. The Bertz CT molecular complexity index is 702. The zero-order valence-electron chi connectivity index (χ0n) is 10.2. The van der Waals surface area contributed by atoms with Crippen LogP contribution in [0.1, 0.15) is 0 Å². The predicted octanol–water partition coefficient (Wildman–Crippen LogP) is 2.47. The zero-order chi connectivity index (χ0) is 12.5. The number of fused-ring (bicyclic) bond motifs is 1. The fourth-order valence-corrected chi connectivity index (χ4v) is 2.34. The second-order valence-corrected chi connectivity index (χ2v) is 4.52. The summed E-state index contributed by atoms with van der Waals surface area (Å²) in [5.74, 6) is 0.301. The summed E-state index contributed by atoms with van der Waals surface area (Å²) >= 11 is 0. The van der Waals surface area contributed by atoms with Crippen LogP contribution >= 0.6 is 0 Å². The average Bonchev–Trinajstić information content (AvgIpc) is 2.41. The molecule has 0 unspecified atom stereocenters. The number of hydrogen-bond donors (Lipinski definition) is 1. The Morgan fingerprint density at radius 2 is 1.39 bits per heavy atom. The number of benzene rings is 3. The van der Waals surface area contributed by atoms with Crippen molar-refractivity contribution in [2.75, 3.05) is 0 Å². The molecule has 0 heterocycles. The summed E-state index contributed by atoms with van der Waals surface area (Å²) < 4.78 is 0. The molecule has 0 aromatic heterocycles. The molecular weight excluding hydrogens is 219 g/mol. The van der Waals surface area contributed by atoms with Gasteiger partial charge >= 0.3 is 0 Å². The summed E-state index contributed by atoms with van der Waals surface area (Å²) in [4.78, 5) is 0. The Morgan fingerprint density at radius 1 is 0.722 bits per heavy atom. The van der Waals surface area contributed by atoms with E-state index in [4.69, 9.17) is 0 Å². The molecule has 2 heteroatoms. The van der Waals surface area contributed by atoms with Crippen molar-refractivity contribution in [2.24, 2.45) is 0 Å². The molecule has 0 saturated heterocycles. The van der Waals surface area contributed by atoms with Crippen molar-refractivity contribution in [3.05, 3.63) is 60.7 Å². The van der Waals surface area contributed by atoms with Gasteiger partial charge in [0.05, 0.1) is 0 Å². The Hall–Kier alpha value is -2.22. The SMILES string of the molecule is Bc1ccc(-c2ccc(O)cc2)c2ccccc12. The van der Waals surface area contributed by atoms with E-state index in [0.29, 0.717) is 5.75 Å². The average molecular weight is 232 g/mol. The highest BCUT2D eigenvalue weighted by molar-refractivity contribution is 6.39. The summed E-state index contributed by atoms with van der Waals surface area (Å²) in [7, 11) is 2.13. The van der Waals surface area contributed by atoms with Crippen molar-refractivity contribution in [3.8, 4) is 16.9 Å². The molecule has 18 heavy (non-hydrogen) atoms. The van der Waals surface area contributed by atoms with Crippen LogP contribution in [0.25, 0.3) is 21.9 Å². The third-order valence-electron chi connectivity index (χ3n) is 3.32. The lowest BCUT2D eigenvalue weighted by Gasteiger charge is -2.09. The normalized spacial score (nSPS) is 10.7. The smallest absolute Gasteiger partial charge is 0.140 e. The van der Waals surface area contributed by atoms with Gasteiger partial charge in [-0.2, -0.15) is 0 Å². The summed E-state index contributed by atoms with van der Waals surface area (Å²) in [6, 6.07) is 20.1. The summed E-state index contributed by atoms with van der Waals surface area (Å²) in [6.45, 7) is 0. The van der Waals surface area contributed by atoms with Gasteiger partial charge in [0.2, 0.25) is 0 Å². The molecule has 1 nitrogen and oxygen atoms in total. The topological polar surface area (TPSA) is 20.2 Å². The maximum Gasteiger partial charge on any atom is 0.140 e. The Morgan fingerprint density at radius 3 is 2.11 bits per heavy atom. The molecule has 1 N–H and O–H groups in total. The van der Waals surface area contributed by atoms with E-state index in [0.717, 1.165) is 5.56 Å². The molecule has 0 atom stereocenters. The second kappa shape index (κ2) is 4.23. The molecule has 0 bridgehead atoms. The van der Waals surface area contributed by atoms with Crippen molar-refractivity contribution >= 4 is 24.1 Å². The highest BCUT2D eigenvalue weighted by atomic mass is 16.3. The zero-order valence-corrected chi connectivity index (χ0v) is 10.2. The number of phenolic OH excluding ortho intramolecular Hbond substituents is 1. The van der Waals surface area contributed by atoms with Gasteiger partial charge in [-0.1, -0.05) is 54.0 Å². The van der Waals surface area contributed by atoms with Crippen molar-refractivity contribution in [1.29, 1.82) is 0 Å². The van der Waals surface area contributed by atoms with E-state index in [9.17, 15) is 5.11 Å². The molecule has 0 aliphatic rings. The van der Waals surface area contributed by atoms with Crippen LogP contribution in [0.15, 0.2) is 60.7 Å².